The Hall–Kier alpha value is -4.78. The monoisotopic (exact) mass is 612 g/mol. The number of rotatable bonds is 4. The topological polar surface area (TPSA) is 76.4 Å². The molecular formula is C40H40N2O4. The second-order valence-corrected chi connectivity index (χ2v) is 12.5. The first-order chi connectivity index (χ1) is 22.5. The first-order valence-electron chi connectivity index (χ1n) is 16.2. The quantitative estimate of drug-likeness (QED) is 0.196. The van der Waals surface area contributed by atoms with E-state index in [-0.39, 0.29) is 17.2 Å². The van der Waals surface area contributed by atoms with Gasteiger partial charge in [0.05, 0.1) is 0 Å². The van der Waals surface area contributed by atoms with Crippen LogP contribution in [0.15, 0.2) is 103 Å². The Labute approximate surface area is 270 Å². The molecule has 0 aromatic heterocycles. The summed E-state index contributed by atoms with van der Waals surface area (Å²) in [5.41, 5.74) is 7.75. The summed E-state index contributed by atoms with van der Waals surface area (Å²) in [6.45, 7) is 5.46. The van der Waals surface area contributed by atoms with Crippen LogP contribution in [0, 0.1) is 0 Å². The molecule has 5 aliphatic rings. The molecule has 0 atom stereocenters. The summed E-state index contributed by atoms with van der Waals surface area (Å²) in [5.74, 6) is 1.62. The Morgan fingerprint density at radius 3 is 1.96 bits per heavy atom. The fraction of sp³-hybridized carbons (Fsp3) is 0.250. The molecule has 5 aromatic carbocycles. The molecule has 6 heteroatoms. The second-order valence-electron chi connectivity index (χ2n) is 12.5. The van der Waals surface area contributed by atoms with Crippen LogP contribution >= 0.6 is 0 Å². The molecule has 0 spiro atoms. The Bertz CT molecular complexity index is 1810. The molecule has 1 saturated heterocycles. The number of piperazine rings is 1. The number of nitrogens with zero attached hydrogens (tertiary/aromatic N) is 2. The van der Waals surface area contributed by atoms with Crippen molar-refractivity contribution in [2.45, 2.75) is 38.8 Å². The van der Waals surface area contributed by atoms with Gasteiger partial charge in [0.2, 0.25) is 0 Å². The molecule has 10 rings (SSSR count). The average Bonchev–Trinajstić information content (AvgIpc) is 3.07. The summed E-state index contributed by atoms with van der Waals surface area (Å²) in [6, 6.07) is 33.9. The minimum absolute atomic E-state index is 0.102. The minimum atomic E-state index is 0.102. The van der Waals surface area contributed by atoms with Gasteiger partial charge in [0, 0.05) is 56.0 Å². The fourth-order valence-corrected chi connectivity index (χ4v) is 6.66. The van der Waals surface area contributed by atoms with Crippen LogP contribution in [0.1, 0.15) is 33.4 Å². The summed E-state index contributed by atoms with van der Waals surface area (Å²) < 4.78 is 6.04. The lowest BCUT2D eigenvalue weighted by atomic mass is 9.90. The largest absolute Gasteiger partial charge is 0.507 e. The van der Waals surface area contributed by atoms with Crippen molar-refractivity contribution in [2.24, 2.45) is 0 Å². The van der Waals surface area contributed by atoms with Crippen molar-refractivity contribution in [1.29, 1.82) is 0 Å². The van der Waals surface area contributed by atoms with Crippen molar-refractivity contribution in [3.63, 3.8) is 0 Å². The summed E-state index contributed by atoms with van der Waals surface area (Å²) in [4.78, 5) is 4.90. The van der Waals surface area contributed by atoms with E-state index in [0.717, 1.165) is 73.4 Å². The highest BCUT2D eigenvalue weighted by Gasteiger charge is 2.22. The molecule has 5 aliphatic heterocycles. The van der Waals surface area contributed by atoms with E-state index in [4.69, 9.17) is 4.74 Å². The maximum Gasteiger partial charge on any atom is 0.169 e. The normalized spacial score (nSPS) is 15.6. The van der Waals surface area contributed by atoms with Crippen LogP contribution in [0.3, 0.4) is 0 Å². The van der Waals surface area contributed by atoms with Gasteiger partial charge >= 0.3 is 0 Å². The molecule has 0 aliphatic carbocycles. The molecule has 3 N–H and O–H groups in total. The van der Waals surface area contributed by atoms with Gasteiger partial charge in [0.1, 0.15) is 17.2 Å². The zero-order valence-electron chi connectivity index (χ0n) is 26.0. The van der Waals surface area contributed by atoms with Gasteiger partial charge < -0.3 is 20.1 Å². The van der Waals surface area contributed by atoms with E-state index in [1.54, 1.807) is 6.07 Å². The molecule has 5 heterocycles. The van der Waals surface area contributed by atoms with E-state index in [0.29, 0.717) is 42.0 Å². The van der Waals surface area contributed by atoms with Gasteiger partial charge in [0.15, 0.2) is 11.5 Å². The van der Waals surface area contributed by atoms with E-state index in [9.17, 15) is 15.3 Å². The number of aromatic hydroxyl groups is 3. The van der Waals surface area contributed by atoms with E-state index in [1.165, 1.54) is 5.56 Å². The van der Waals surface area contributed by atoms with Gasteiger partial charge in [-0.2, -0.15) is 0 Å². The number of ether oxygens (including phenoxy) is 1. The van der Waals surface area contributed by atoms with Gasteiger partial charge in [0.25, 0.3) is 0 Å². The van der Waals surface area contributed by atoms with Crippen LogP contribution in [0.25, 0.3) is 11.1 Å². The summed E-state index contributed by atoms with van der Waals surface area (Å²) in [6.07, 6.45) is 2.89. The summed E-state index contributed by atoms with van der Waals surface area (Å²) in [5, 5.41) is 33.6. The standard InChI is InChI=1S/C40H40N2O4/c43-36-19-12-30-7-6-29-11-18-35(37(44)24-29)39-32(13-8-28-9-16-34(17-10-28)46-38(36)25-30)14-15-33(40(39)45)27-42-22-20-41(21-23-42)26-31-4-2-1-3-5-31/h1-5,9-12,14-19,24-25,43-45H,6-8,13,20-23,26-27H2. The molecule has 0 unspecified atom stereocenters. The van der Waals surface area contributed by atoms with Crippen molar-refractivity contribution in [3.8, 4) is 39.9 Å². The molecule has 46 heavy (non-hydrogen) atoms. The molecular weight excluding hydrogens is 572 g/mol. The number of phenolic OH excluding ortho intramolecular Hbond substituents is 3. The Kier molecular flexibility index (Phi) is 8.64. The van der Waals surface area contributed by atoms with E-state index in [1.807, 2.05) is 54.6 Å². The molecule has 0 saturated carbocycles. The highest BCUT2D eigenvalue weighted by atomic mass is 16.5. The Balaban J connectivity index is 1.16. The number of benzene rings is 5. The maximum absolute atomic E-state index is 11.8. The Morgan fingerprint density at radius 1 is 0.565 bits per heavy atom. The van der Waals surface area contributed by atoms with Gasteiger partial charge in [-0.25, -0.2) is 0 Å². The third-order valence-electron chi connectivity index (χ3n) is 9.35. The predicted molar refractivity (Wildman–Crippen MR) is 182 cm³/mol. The van der Waals surface area contributed by atoms with Gasteiger partial charge in [-0.3, -0.25) is 9.80 Å². The van der Waals surface area contributed by atoms with Gasteiger partial charge in [-0.15, -0.1) is 0 Å². The highest BCUT2D eigenvalue weighted by Crippen LogP contribution is 2.42. The number of phenols is 3. The molecule has 6 bridgehead atoms. The Morgan fingerprint density at radius 2 is 1.22 bits per heavy atom. The lowest BCUT2D eigenvalue weighted by Crippen LogP contribution is -2.45. The van der Waals surface area contributed by atoms with Crippen LogP contribution in [-0.4, -0.2) is 51.3 Å². The molecule has 5 aromatic rings. The van der Waals surface area contributed by atoms with Crippen molar-refractivity contribution < 1.29 is 20.1 Å². The smallest absolute Gasteiger partial charge is 0.169 e. The lowest BCUT2D eigenvalue weighted by molar-refractivity contribution is 0.121. The maximum atomic E-state index is 11.8. The van der Waals surface area contributed by atoms with E-state index in [2.05, 4.69) is 52.3 Å². The summed E-state index contributed by atoms with van der Waals surface area (Å²) in [7, 11) is 0. The zero-order chi connectivity index (χ0) is 31.5. The first-order valence-corrected chi connectivity index (χ1v) is 16.2. The van der Waals surface area contributed by atoms with Crippen LogP contribution in [-0.2, 0) is 38.8 Å². The van der Waals surface area contributed by atoms with Crippen molar-refractivity contribution in [3.05, 3.63) is 137 Å². The number of aryl methyl sites for hydroxylation is 4. The lowest BCUT2D eigenvalue weighted by Gasteiger charge is -2.35. The molecule has 0 amide bonds. The predicted octanol–water partition coefficient (Wildman–Crippen LogP) is 7.46. The van der Waals surface area contributed by atoms with Crippen molar-refractivity contribution in [1.82, 2.24) is 9.80 Å². The first kappa shape index (κ1) is 29.9. The molecule has 0 radical (unpaired) electrons. The molecule has 6 nitrogen and oxygen atoms in total. The third kappa shape index (κ3) is 6.74. The zero-order valence-corrected chi connectivity index (χ0v) is 26.0. The van der Waals surface area contributed by atoms with Crippen molar-refractivity contribution >= 4 is 0 Å². The van der Waals surface area contributed by atoms with Crippen LogP contribution in [0.5, 0.6) is 28.7 Å². The van der Waals surface area contributed by atoms with E-state index >= 15 is 0 Å². The third-order valence-corrected chi connectivity index (χ3v) is 9.35. The molecule has 1 fully saturated rings. The fourth-order valence-electron chi connectivity index (χ4n) is 6.66. The summed E-state index contributed by atoms with van der Waals surface area (Å²) >= 11 is 0. The SMILES string of the molecule is Oc1ccc2cc1Oc1ccc(cc1)CCc1ccc(CN3CCN(Cc4ccccc4)CC3)c(O)c1-c1ccc(cc1O)CC2. The number of hydrogen-bond acceptors (Lipinski definition) is 6. The van der Waals surface area contributed by atoms with Crippen LogP contribution in [0.4, 0.5) is 0 Å². The molecule has 234 valence electrons. The van der Waals surface area contributed by atoms with Gasteiger partial charge in [-0.05, 0) is 83.8 Å². The van der Waals surface area contributed by atoms with Crippen LogP contribution < -0.4 is 4.74 Å². The van der Waals surface area contributed by atoms with E-state index < -0.39 is 0 Å². The van der Waals surface area contributed by atoms with Crippen LogP contribution in [0.2, 0.25) is 0 Å². The highest BCUT2D eigenvalue weighted by molar-refractivity contribution is 5.80. The van der Waals surface area contributed by atoms with Gasteiger partial charge in [-0.1, -0.05) is 72.8 Å². The minimum Gasteiger partial charge on any atom is -0.507 e. The average molecular weight is 613 g/mol. The van der Waals surface area contributed by atoms with Crippen molar-refractivity contribution in [2.75, 3.05) is 26.2 Å². The number of hydrogen-bond donors (Lipinski definition) is 3. The second kappa shape index (κ2) is 13.3.